The maximum absolute atomic E-state index is 5.11. The minimum Gasteiger partial charge on any atom is -0.480 e. The van der Waals surface area contributed by atoms with Crippen LogP contribution < -0.4 is 0 Å². The van der Waals surface area contributed by atoms with Crippen LogP contribution in [0.3, 0.4) is 0 Å². The molecular weight excluding hydrogens is 126 g/mol. The summed E-state index contributed by atoms with van der Waals surface area (Å²) in [5, 5.41) is 0. The fourth-order valence-corrected chi connectivity index (χ4v) is 0.521. The second-order valence-corrected chi connectivity index (χ2v) is 1.43. The molecule has 0 aromatic rings. The summed E-state index contributed by atoms with van der Waals surface area (Å²) in [5.74, 6) is 0.606. The first-order valence-corrected chi connectivity index (χ1v) is 2.99. The van der Waals surface area contributed by atoms with Gasteiger partial charge in [-0.3, -0.25) is 0 Å². The molecule has 0 heterocycles. The molecule has 0 saturated heterocycles. The van der Waals surface area contributed by atoms with Gasteiger partial charge in [0.2, 0.25) is 5.90 Å². The molecule has 3 heteroatoms. The molecule has 0 aliphatic heterocycles. The largest absolute Gasteiger partial charge is 0.480 e. The summed E-state index contributed by atoms with van der Waals surface area (Å²) >= 11 is 5.11. The number of hydrogen-bond donors (Lipinski definition) is 0. The van der Waals surface area contributed by atoms with Crippen molar-refractivity contribution in [2.24, 2.45) is 4.51 Å². The van der Waals surface area contributed by atoms with Crippen molar-refractivity contribution in [3.05, 3.63) is 0 Å². The highest BCUT2D eigenvalue weighted by molar-refractivity contribution is 6.19. The number of ether oxygens (including phenoxy) is 1. The van der Waals surface area contributed by atoms with Crippen molar-refractivity contribution in [1.29, 1.82) is 0 Å². The minimum atomic E-state index is 0.606. The highest BCUT2D eigenvalue weighted by Gasteiger charge is 1.90. The molecule has 0 rings (SSSR count). The lowest BCUT2D eigenvalue weighted by Gasteiger charge is -1.99. The van der Waals surface area contributed by atoms with Gasteiger partial charge in [-0.15, -0.1) is 4.51 Å². The summed E-state index contributed by atoms with van der Waals surface area (Å²) in [4.78, 5) is 0. The molecule has 0 radical (unpaired) electrons. The molecule has 0 spiro atoms. The van der Waals surface area contributed by atoms with Crippen molar-refractivity contribution in [1.82, 2.24) is 0 Å². The van der Waals surface area contributed by atoms with Gasteiger partial charge in [-0.2, -0.15) is 0 Å². The monoisotopic (exact) mass is 135 g/mol. The summed E-state index contributed by atoms with van der Waals surface area (Å²) in [7, 11) is 0. The van der Waals surface area contributed by atoms with E-state index < -0.39 is 0 Å². The second-order valence-electron chi connectivity index (χ2n) is 1.26. The van der Waals surface area contributed by atoms with Crippen molar-refractivity contribution in [3.8, 4) is 0 Å². The topological polar surface area (TPSA) is 21.6 Å². The standard InChI is InChI=1S/C5H10ClNO/c1-3-5(7-6)8-4-2/h3-4H2,1-2H3. The lowest BCUT2D eigenvalue weighted by molar-refractivity contribution is 0.320. The van der Waals surface area contributed by atoms with Gasteiger partial charge >= 0.3 is 0 Å². The van der Waals surface area contributed by atoms with Crippen LogP contribution in [0.5, 0.6) is 0 Å². The molecule has 0 bridgehead atoms. The van der Waals surface area contributed by atoms with Gasteiger partial charge in [-0.05, 0) is 6.92 Å². The summed E-state index contributed by atoms with van der Waals surface area (Å²) < 4.78 is 8.32. The van der Waals surface area contributed by atoms with E-state index in [0.29, 0.717) is 12.5 Å². The van der Waals surface area contributed by atoms with E-state index in [1.54, 1.807) is 0 Å². The average molecular weight is 136 g/mol. The van der Waals surface area contributed by atoms with Crippen LogP contribution in [0.4, 0.5) is 0 Å². The lowest BCUT2D eigenvalue weighted by Crippen LogP contribution is -2.00. The Balaban J connectivity index is 3.38. The van der Waals surface area contributed by atoms with Crippen LogP contribution in [0, 0.1) is 0 Å². The molecule has 2 nitrogen and oxygen atoms in total. The third-order valence-electron chi connectivity index (χ3n) is 0.708. The van der Waals surface area contributed by atoms with Crippen LogP contribution in [0.15, 0.2) is 4.51 Å². The van der Waals surface area contributed by atoms with Crippen LogP contribution in [0.1, 0.15) is 20.3 Å². The van der Waals surface area contributed by atoms with Gasteiger partial charge in [0.05, 0.1) is 6.61 Å². The molecule has 0 saturated carbocycles. The molecule has 0 aromatic heterocycles. The van der Waals surface area contributed by atoms with Crippen LogP contribution in [0.2, 0.25) is 0 Å². The molecule has 0 N–H and O–H groups in total. The van der Waals surface area contributed by atoms with Crippen LogP contribution in [0.25, 0.3) is 0 Å². The quantitative estimate of drug-likeness (QED) is 0.419. The number of rotatable bonds is 2. The molecule has 0 amide bonds. The van der Waals surface area contributed by atoms with Gasteiger partial charge in [0.25, 0.3) is 0 Å². The molecule has 48 valence electrons. The first-order chi connectivity index (χ1) is 3.85. The van der Waals surface area contributed by atoms with Gasteiger partial charge in [0.15, 0.2) is 0 Å². The first-order valence-electron chi connectivity index (χ1n) is 2.65. The Morgan fingerprint density at radius 1 is 1.62 bits per heavy atom. The van der Waals surface area contributed by atoms with Gasteiger partial charge in [0, 0.05) is 18.2 Å². The number of halogens is 1. The molecule has 0 aliphatic rings. The Hall–Kier alpha value is -0.240. The zero-order valence-corrected chi connectivity index (χ0v) is 5.90. The Bertz CT molecular complexity index is 82.5. The Labute approximate surface area is 54.6 Å². The molecule has 0 unspecified atom stereocenters. The minimum absolute atomic E-state index is 0.606. The first kappa shape index (κ1) is 7.76. The van der Waals surface area contributed by atoms with Gasteiger partial charge in [0.1, 0.15) is 0 Å². The summed E-state index contributed by atoms with van der Waals surface area (Å²) in [6, 6.07) is 0. The van der Waals surface area contributed by atoms with E-state index in [4.69, 9.17) is 16.5 Å². The molecular formula is C5H10ClNO. The smallest absolute Gasteiger partial charge is 0.200 e. The Kier molecular flexibility index (Phi) is 4.76. The van der Waals surface area contributed by atoms with Crippen LogP contribution >= 0.6 is 11.8 Å². The molecule has 0 aliphatic carbocycles. The van der Waals surface area contributed by atoms with E-state index in [0.717, 1.165) is 6.42 Å². The number of hydrogen-bond acceptors (Lipinski definition) is 2. The van der Waals surface area contributed by atoms with Gasteiger partial charge in [-0.1, -0.05) is 6.92 Å². The third-order valence-corrected chi connectivity index (χ3v) is 0.896. The van der Waals surface area contributed by atoms with E-state index in [1.807, 2.05) is 13.8 Å². The molecule has 0 aromatic carbocycles. The Morgan fingerprint density at radius 3 is 2.38 bits per heavy atom. The van der Waals surface area contributed by atoms with Crippen molar-refractivity contribution in [2.45, 2.75) is 20.3 Å². The maximum Gasteiger partial charge on any atom is 0.200 e. The zero-order valence-electron chi connectivity index (χ0n) is 5.15. The van der Waals surface area contributed by atoms with E-state index in [9.17, 15) is 0 Å². The number of nitrogens with zero attached hydrogens (tertiary/aromatic N) is 1. The molecule has 0 fully saturated rings. The van der Waals surface area contributed by atoms with Crippen LogP contribution in [-0.4, -0.2) is 12.5 Å². The van der Waals surface area contributed by atoms with E-state index in [1.165, 1.54) is 0 Å². The van der Waals surface area contributed by atoms with Crippen molar-refractivity contribution < 1.29 is 4.74 Å². The summed E-state index contributed by atoms with van der Waals surface area (Å²) in [6.07, 6.45) is 0.761. The Morgan fingerprint density at radius 2 is 2.25 bits per heavy atom. The predicted molar refractivity (Wildman–Crippen MR) is 35.2 cm³/mol. The van der Waals surface area contributed by atoms with E-state index in [-0.39, 0.29) is 0 Å². The molecule has 0 atom stereocenters. The normalized spacial score (nSPS) is 11.6. The summed E-state index contributed by atoms with van der Waals surface area (Å²) in [5.41, 5.74) is 0. The van der Waals surface area contributed by atoms with Crippen LogP contribution in [-0.2, 0) is 4.74 Å². The van der Waals surface area contributed by atoms with Crippen molar-refractivity contribution in [2.75, 3.05) is 6.61 Å². The van der Waals surface area contributed by atoms with E-state index >= 15 is 0 Å². The maximum atomic E-state index is 5.11. The lowest BCUT2D eigenvalue weighted by atomic mass is 10.5. The highest BCUT2D eigenvalue weighted by atomic mass is 35.5. The summed E-state index contributed by atoms with van der Waals surface area (Å²) in [6.45, 7) is 4.48. The fraction of sp³-hybridized carbons (Fsp3) is 0.800. The van der Waals surface area contributed by atoms with Crippen molar-refractivity contribution in [3.63, 3.8) is 0 Å². The predicted octanol–water partition coefficient (Wildman–Crippen LogP) is 1.99. The SMILES string of the molecule is CCOC(CC)=NCl. The fourth-order valence-electron chi connectivity index (χ4n) is 0.353. The zero-order chi connectivity index (χ0) is 6.41. The van der Waals surface area contributed by atoms with Crippen molar-refractivity contribution >= 4 is 17.7 Å². The van der Waals surface area contributed by atoms with E-state index in [2.05, 4.69) is 4.51 Å². The highest BCUT2D eigenvalue weighted by Crippen LogP contribution is 1.90. The van der Waals surface area contributed by atoms with Gasteiger partial charge in [-0.25, -0.2) is 0 Å². The average Bonchev–Trinajstić information content (AvgIpc) is 1.83. The second kappa shape index (κ2) is 4.91. The molecule has 8 heavy (non-hydrogen) atoms. The van der Waals surface area contributed by atoms with Gasteiger partial charge < -0.3 is 4.74 Å². The third kappa shape index (κ3) is 2.86.